The molecule has 0 saturated heterocycles. The van der Waals surface area contributed by atoms with Crippen LogP contribution in [0.25, 0.3) is 11.4 Å². The van der Waals surface area contributed by atoms with Crippen LogP contribution in [0.2, 0.25) is 0 Å². The number of rotatable bonds is 8. The second-order valence-corrected chi connectivity index (χ2v) is 7.57. The maximum Gasteiger partial charge on any atom is 0.199 e. The first-order valence-electron chi connectivity index (χ1n) is 9.52. The van der Waals surface area contributed by atoms with Gasteiger partial charge in [-0.15, -0.1) is 0 Å². The molecular weight excluding hydrogens is 368 g/mol. The molecule has 0 amide bonds. The predicted molar refractivity (Wildman–Crippen MR) is 117 cm³/mol. The highest BCUT2D eigenvalue weighted by Gasteiger charge is 2.13. The minimum absolute atomic E-state index is 0.642. The first kappa shape index (κ1) is 20.2. The van der Waals surface area contributed by atoms with Crippen molar-refractivity contribution in [3.63, 3.8) is 0 Å². The van der Waals surface area contributed by atoms with E-state index >= 15 is 0 Å². The van der Waals surface area contributed by atoms with Crippen molar-refractivity contribution in [1.82, 2.24) is 24.2 Å². The van der Waals surface area contributed by atoms with Gasteiger partial charge in [0, 0.05) is 50.8 Å². The summed E-state index contributed by atoms with van der Waals surface area (Å²) < 4.78 is 4.78. The van der Waals surface area contributed by atoms with Crippen LogP contribution in [0.15, 0.2) is 48.8 Å². The Labute approximate surface area is 172 Å². The van der Waals surface area contributed by atoms with Gasteiger partial charge in [0.15, 0.2) is 10.6 Å². The number of anilines is 1. The first-order chi connectivity index (χ1) is 13.5. The van der Waals surface area contributed by atoms with Crippen LogP contribution in [0.3, 0.4) is 0 Å². The monoisotopic (exact) mass is 396 g/mol. The summed E-state index contributed by atoms with van der Waals surface area (Å²) in [5.74, 6) is 0.901. The fourth-order valence-electron chi connectivity index (χ4n) is 3.16. The molecule has 0 aliphatic carbocycles. The van der Waals surface area contributed by atoms with Gasteiger partial charge in [0.25, 0.3) is 0 Å². The van der Waals surface area contributed by atoms with E-state index in [0.717, 1.165) is 35.7 Å². The first-order valence-corrected chi connectivity index (χ1v) is 9.93. The van der Waals surface area contributed by atoms with Gasteiger partial charge in [-0.3, -0.25) is 14.5 Å². The van der Waals surface area contributed by atoms with Gasteiger partial charge in [0.2, 0.25) is 0 Å². The zero-order valence-corrected chi connectivity index (χ0v) is 17.9. The van der Waals surface area contributed by atoms with Crippen LogP contribution in [0, 0.1) is 4.77 Å². The lowest BCUT2D eigenvalue weighted by atomic mass is 10.2. The van der Waals surface area contributed by atoms with E-state index in [1.165, 1.54) is 11.3 Å². The Morgan fingerprint density at radius 2 is 1.68 bits per heavy atom. The largest absolute Gasteiger partial charge is 0.378 e. The van der Waals surface area contributed by atoms with Crippen LogP contribution < -0.4 is 4.90 Å². The Kier molecular flexibility index (Phi) is 6.59. The molecule has 1 aromatic carbocycles. The molecule has 28 heavy (non-hydrogen) atoms. The number of pyridine rings is 1. The maximum absolute atomic E-state index is 5.72. The summed E-state index contributed by atoms with van der Waals surface area (Å²) in [7, 11) is 6.19. The SMILES string of the molecule is CCCn1c(-c2ccncc2)nn(CN(C)Cc2ccc(N(C)C)cc2)c1=S. The second kappa shape index (κ2) is 9.12. The molecule has 7 heteroatoms. The van der Waals surface area contributed by atoms with Gasteiger partial charge in [0.1, 0.15) is 0 Å². The normalized spacial score (nSPS) is 11.2. The maximum atomic E-state index is 5.72. The van der Waals surface area contributed by atoms with E-state index in [1.807, 2.05) is 16.8 Å². The summed E-state index contributed by atoms with van der Waals surface area (Å²) in [6, 6.07) is 12.6. The molecule has 148 valence electrons. The summed E-state index contributed by atoms with van der Waals surface area (Å²) in [4.78, 5) is 8.43. The van der Waals surface area contributed by atoms with Crippen molar-refractivity contribution in [2.45, 2.75) is 33.1 Å². The van der Waals surface area contributed by atoms with E-state index in [0.29, 0.717) is 6.67 Å². The quantitative estimate of drug-likeness (QED) is 0.538. The van der Waals surface area contributed by atoms with Crippen LogP contribution in [0.1, 0.15) is 18.9 Å². The van der Waals surface area contributed by atoms with Crippen molar-refractivity contribution in [2.75, 3.05) is 26.0 Å². The summed E-state index contributed by atoms with van der Waals surface area (Å²) in [5, 5.41) is 4.82. The Morgan fingerprint density at radius 3 is 2.29 bits per heavy atom. The molecule has 0 atom stereocenters. The molecule has 2 heterocycles. The summed E-state index contributed by atoms with van der Waals surface area (Å²) >= 11 is 5.72. The van der Waals surface area contributed by atoms with E-state index in [9.17, 15) is 0 Å². The molecule has 0 unspecified atom stereocenters. The highest BCUT2D eigenvalue weighted by Crippen LogP contribution is 2.19. The van der Waals surface area contributed by atoms with Crippen molar-refractivity contribution in [3.8, 4) is 11.4 Å². The van der Waals surface area contributed by atoms with Gasteiger partial charge in [-0.05, 0) is 55.5 Å². The zero-order valence-electron chi connectivity index (χ0n) is 17.0. The molecule has 0 radical (unpaired) electrons. The smallest absolute Gasteiger partial charge is 0.199 e. The number of nitrogens with zero attached hydrogens (tertiary/aromatic N) is 6. The molecule has 0 aliphatic heterocycles. The third kappa shape index (κ3) is 4.66. The lowest BCUT2D eigenvalue weighted by molar-refractivity contribution is 0.244. The van der Waals surface area contributed by atoms with Crippen LogP contribution >= 0.6 is 12.2 Å². The van der Waals surface area contributed by atoms with Crippen LogP contribution in [0.5, 0.6) is 0 Å². The van der Waals surface area contributed by atoms with Crippen molar-refractivity contribution in [3.05, 3.63) is 59.1 Å². The van der Waals surface area contributed by atoms with E-state index in [4.69, 9.17) is 17.3 Å². The molecule has 2 aromatic heterocycles. The molecule has 3 aromatic rings. The molecule has 6 nitrogen and oxygen atoms in total. The van der Waals surface area contributed by atoms with Crippen molar-refractivity contribution < 1.29 is 0 Å². The number of benzene rings is 1. The van der Waals surface area contributed by atoms with Gasteiger partial charge in [0.05, 0.1) is 6.67 Å². The van der Waals surface area contributed by atoms with Crippen LogP contribution in [-0.2, 0) is 19.8 Å². The Morgan fingerprint density at radius 1 is 1.00 bits per heavy atom. The number of hydrogen-bond donors (Lipinski definition) is 0. The Balaban J connectivity index is 1.79. The van der Waals surface area contributed by atoms with Crippen LogP contribution in [0.4, 0.5) is 5.69 Å². The Hall–Kier alpha value is -2.51. The minimum Gasteiger partial charge on any atom is -0.378 e. The van der Waals surface area contributed by atoms with Crippen molar-refractivity contribution in [2.24, 2.45) is 0 Å². The van der Waals surface area contributed by atoms with E-state index in [-0.39, 0.29) is 0 Å². The highest BCUT2D eigenvalue weighted by atomic mass is 32.1. The fraction of sp³-hybridized carbons (Fsp3) is 0.381. The molecular formula is C21H28N6S. The third-order valence-electron chi connectivity index (χ3n) is 4.59. The van der Waals surface area contributed by atoms with Gasteiger partial charge in [-0.1, -0.05) is 19.1 Å². The van der Waals surface area contributed by atoms with Crippen molar-refractivity contribution in [1.29, 1.82) is 0 Å². The van der Waals surface area contributed by atoms with Gasteiger partial charge < -0.3 is 4.90 Å². The predicted octanol–water partition coefficient (Wildman–Crippen LogP) is 4.04. The summed E-state index contributed by atoms with van der Waals surface area (Å²) in [6.07, 6.45) is 4.58. The highest BCUT2D eigenvalue weighted by molar-refractivity contribution is 7.71. The molecule has 0 N–H and O–H groups in total. The zero-order chi connectivity index (χ0) is 20.1. The van der Waals surface area contributed by atoms with E-state index in [1.54, 1.807) is 12.4 Å². The van der Waals surface area contributed by atoms with E-state index in [2.05, 4.69) is 71.7 Å². The van der Waals surface area contributed by atoms with E-state index < -0.39 is 0 Å². The molecule has 0 bridgehead atoms. The molecule has 0 aliphatic rings. The van der Waals surface area contributed by atoms with Gasteiger partial charge >= 0.3 is 0 Å². The number of aromatic nitrogens is 4. The fourth-order valence-corrected chi connectivity index (χ4v) is 3.44. The number of hydrogen-bond acceptors (Lipinski definition) is 5. The third-order valence-corrected chi connectivity index (χ3v) is 5.02. The second-order valence-electron chi connectivity index (χ2n) is 7.21. The lowest BCUT2D eigenvalue weighted by Crippen LogP contribution is -2.22. The summed E-state index contributed by atoms with van der Waals surface area (Å²) in [6.45, 7) is 4.48. The standard InChI is InChI=1S/C21H28N6S/c1-5-14-26-20(18-10-12-22-13-11-18)23-27(21(26)28)16-25(4)15-17-6-8-19(9-7-17)24(2)3/h6-13H,5,14-16H2,1-4H3. The average Bonchev–Trinajstić information content (AvgIpc) is 2.99. The molecule has 0 spiro atoms. The van der Waals surface area contributed by atoms with Gasteiger partial charge in [-0.2, -0.15) is 5.10 Å². The van der Waals surface area contributed by atoms with Gasteiger partial charge in [-0.25, -0.2) is 4.68 Å². The Bertz CT molecular complexity index is 943. The summed E-state index contributed by atoms with van der Waals surface area (Å²) in [5.41, 5.74) is 3.51. The molecule has 0 fully saturated rings. The topological polar surface area (TPSA) is 42.1 Å². The van der Waals surface area contributed by atoms with Crippen LogP contribution in [-0.4, -0.2) is 45.4 Å². The minimum atomic E-state index is 0.642. The lowest BCUT2D eigenvalue weighted by Gasteiger charge is -2.18. The molecule has 0 saturated carbocycles. The average molecular weight is 397 g/mol. The van der Waals surface area contributed by atoms with Crippen molar-refractivity contribution >= 4 is 17.9 Å². The molecule has 3 rings (SSSR count).